The number of amides is 1. The number of aromatic nitrogens is 1. The lowest BCUT2D eigenvalue weighted by Gasteiger charge is -2.21. The second-order valence-electron chi connectivity index (χ2n) is 8.22. The van der Waals surface area contributed by atoms with Crippen molar-refractivity contribution in [1.82, 2.24) is 15.2 Å². The van der Waals surface area contributed by atoms with Crippen molar-refractivity contribution in [1.29, 1.82) is 0 Å². The van der Waals surface area contributed by atoms with Gasteiger partial charge < -0.3 is 14.2 Å². The molecule has 0 radical (unpaired) electrons. The summed E-state index contributed by atoms with van der Waals surface area (Å²) in [7, 11) is 0. The summed E-state index contributed by atoms with van der Waals surface area (Å²) in [6.07, 6.45) is -1.64. The lowest BCUT2D eigenvalue weighted by molar-refractivity contribution is -0.137. The molecule has 9 heteroatoms. The van der Waals surface area contributed by atoms with E-state index in [1.165, 1.54) is 18.6 Å². The first kappa shape index (κ1) is 24.3. The Bertz CT molecular complexity index is 1250. The van der Waals surface area contributed by atoms with Gasteiger partial charge in [-0.3, -0.25) is 9.69 Å². The van der Waals surface area contributed by atoms with Gasteiger partial charge in [0.05, 0.1) is 24.9 Å². The summed E-state index contributed by atoms with van der Waals surface area (Å²) in [6, 6.07) is 16.6. The van der Waals surface area contributed by atoms with Gasteiger partial charge in [0, 0.05) is 13.1 Å². The molecule has 2 heterocycles. The zero-order chi connectivity index (χ0) is 24.8. The summed E-state index contributed by atoms with van der Waals surface area (Å²) < 4.78 is 50.3. The van der Waals surface area contributed by atoms with Crippen LogP contribution in [0.1, 0.15) is 44.4 Å². The number of carbonyl (C=O) groups is 1. The number of rotatable bonds is 9. The Morgan fingerprint density at radius 3 is 2.46 bits per heavy atom. The number of hydrogen-bond acceptors (Lipinski definition) is 5. The van der Waals surface area contributed by atoms with Gasteiger partial charge in [-0.25, -0.2) is 4.98 Å². The predicted molar refractivity (Wildman–Crippen MR) is 122 cm³/mol. The number of nitrogens with one attached hydrogen (secondary N) is 1. The molecule has 0 fully saturated rings. The molecule has 4 aromatic rings. The van der Waals surface area contributed by atoms with Crippen molar-refractivity contribution in [3.63, 3.8) is 0 Å². The van der Waals surface area contributed by atoms with Crippen LogP contribution in [-0.4, -0.2) is 15.8 Å². The molecule has 0 aliphatic rings. The number of alkyl halides is 3. The molecule has 35 heavy (non-hydrogen) atoms. The SMILES string of the molecule is Cc1ccc(CN(Cc2cccc(C(F)(F)F)c2)Cc2nc(C(=O)NCc3ccco3)co2)cc1. The summed E-state index contributed by atoms with van der Waals surface area (Å²) >= 11 is 0. The van der Waals surface area contributed by atoms with Gasteiger partial charge in [0.1, 0.15) is 12.0 Å². The molecule has 2 aromatic heterocycles. The number of furan rings is 1. The number of nitrogens with zero attached hydrogens (tertiary/aromatic N) is 2. The first-order valence-corrected chi connectivity index (χ1v) is 11.0. The highest BCUT2D eigenvalue weighted by Gasteiger charge is 2.30. The number of halogens is 3. The normalized spacial score (nSPS) is 11.7. The van der Waals surface area contributed by atoms with Crippen LogP contribution in [-0.2, 0) is 32.4 Å². The number of carbonyl (C=O) groups excluding carboxylic acids is 1. The van der Waals surface area contributed by atoms with E-state index in [-0.39, 0.29) is 31.2 Å². The fraction of sp³-hybridized carbons (Fsp3) is 0.231. The molecule has 0 aliphatic carbocycles. The minimum atomic E-state index is -4.42. The summed E-state index contributed by atoms with van der Waals surface area (Å²) in [5.74, 6) is 0.471. The van der Waals surface area contributed by atoms with E-state index in [9.17, 15) is 18.0 Å². The maximum Gasteiger partial charge on any atom is 0.416 e. The van der Waals surface area contributed by atoms with Gasteiger partial charge in [0.15, 0.2) is 5.69 Å². The van der Waals surface area contributed by atoms with Crippen molar-refractivity contribution in [3.05, 3.63) is 113 Å². The molecule has 0 atom stereocenters. The summed E-state index contributed by atoms with van der Waals surface area (Å²) in [5.41, 5.74) is 2.02. The maximum atomic E-state index is 13.2. The predicted octanol–water partition coefficient (Wildman–Crippen LogP) is 5.73. The molecule has 0 saturated carbocycles. The number of aryl methyl sites for hydroxylation is 1. The van der Waals surface area contributed by atoms with E-state index >= 15 is 0 Å². The molecule has 1 amide bonds. The molecule has 4 rings (SSSR count). The van der Waals surface area contributed by atoms with Crippen LogP contribution in [0.15, 0.2) is 82.0 Å². The molecule has 6 nitrogen and oxygen atoms in total. The van der Waals surface area contributed by atoms with Crippen LogP contribution >= 0.6 is 0 Å². The minimum Gasteiger partial charge on any atom is -0.467 e. The maximum absolute atomic E-state index is 13.2. The average molecular weight is 483 g/mol. The molecule has 0 aliphatic heterocycles. The van der Waals surface area contributed by atoms with Gasteiger partial charge in [-0.1, -0.05) is 48.0 Å². The summed E-state index contributed by atoms with van der Waals surface area (Å²) in [4.78, 5) is 18.6. The van der Waals surface area contributed by atoms with Crippen LogP contribution in [0.25, 0.3) is 0 Å². The van der Waals surface area contributed by atoms with Crippen LogP contribution in [0.2, 0.25) is 0 Å². The zero-order valence-corrected chi connectivity index (χ0v) is 19.0. The van der Waals surface area contributed by atoms with E-state index in [0.717, 1.165) is 23.3 Å². The molecule has 0 unspecified atom stereocenters. The van der Waals surface area contributed by atoms with E-state index in [2.05, 4.69) is 10.3 Å². The molecular formula is C26H24F3N3O3. The highest BCUT2D eigenvalue weighted by Crippen LogP contribution is 2.30. The van der Waals surface area contributed by atoms with E-state index in [1.807, 2.05) is 36.1 Å². The van der Waals surface area contributed by atoms with Gasteiger partial charge in [-0.2, -0.15) is 13.2 Å². The van der Waals surface area contributed by atoms with E-state index in [0.29, 0.717) is 17.9 Å². The van der Waals surface area contributed by atoms with Gasteiger partial charge in [-0.05, 0) is 36.2 Å². The van der Waals surface area contributed by atoms with E-state index < -0.39 is 17.6 Å². The average Bonchev–Trinajstić information content (AvgIpc) is 3.51. The van der Waals surface area contributed by atoms with Crippen LogP contribution in [0.4, 0.5) is 13.2 Å². The summed E-state index contributed by atoms with van der Waals surface area (Å²) in [5, 5.41) is 2.70. The Hall–Kier alpha value is -3.85. The molecular weight excluding hydrogens is 459 g/mol. The van der Waals surface area contributed by atoms with Crippen molar-refractivity contribution in [2.24, 2.45) is 0 Å². The van der Waals surface area contributed by atoms with E-state index in [4.69, 9.17) is 8.83 Å². The largest absolute Gasteiger partial charge is 0.467 e. The summed E-state index contributed by atoms with van der Waals surface area (Å²) in [6.45, 7) is 3.09. The Labute approximate surface area is 200 Å². The first-order valence-electron chi connectivity index (χ1n) is 11.0. The van der Waals surface area contributed by atoms with Crippen molar-refractivity contribution in [3.8, 4) is 0 Å². The highest BCUT2D eigenvalue weighted by molar-refractivity contribution is 5.91. The molecule has 0 spiro atoms. The third-order valence-corrected chi connectivity index (χ3v) is 5.33. The lowest BCUT2D eigenvalue weighted by atomic mass is 10.1. The van der Waals surface area contributed by atoms with E-state index in [1.54, 1.807) is 18.2 Å². The number of oxazole rings is 1. The Morgan fingerprint density at radius 1 is 0.971 bits per heavy atom. The van der Waals surface area contributed by atoms with Crippen LogP contribution in [0, 0.1) is 6.92 Å². The number of benzene rings is 2. The minimum absolute atomic E-state index is 0.112. The molecule has 182 valence electrons. The van der Waals surface area contributed by atoms with Crippen LogP contribution in [0.5, 0.6) is 0 Å². The van der Waals surface area contributed by atoms with Crippen LogP contribution < -0.4 is 5.32 Å². The Kier molecular flexibility index (Phi) is 7.36. The Morgan fingerprint density at radius 2 is 1.74 bits per heavy atom. The highest BCUT2D eigenvalue weighted by atomic mass is 19.4. The van der Waals surface area contributed by atoms with Gasteiger partial charge in [0.25, 0.3) is 5.91 Å². The van der Waals surface area contributed by atoms with Crippen molar-refractivity contribution in [2.45, 2.75) is 39.3 Å². The number of hydrogen-bond donors (Lipinski definition) is 1. The van der Waals surface area contributed by atoms with Crippen molar-refractivity contribution >= 4 is 5.91 Å². The fourth-order valence-corrected chi connectivity index (χ4v) is 3.57. The first-order chi connectivity index (χ1) is 16.8. The van der Waals surface area contributed by atoms with Crippen LogP contribution in [0.3, 0.4) is 0 Å². The quantitative estimate of drug-likeness (QED) is 0.329. The molecule has 0 saturated heterocycles. The van der Waals surface area contributed by atoms with Gasteiger partial charge in [0.2, 0.25) is 5.89 Å². The molecule has 0 bridgehead atoms. The third-order valence-electron chi connectivity index (χ3n) is 5.33. The second kappa shape index (κ2) is 10.6. The fourth-order valence-electron chi connectivity index (χ4n) is 3.57. The standard InChI is InChI=1S/C26H24F3N3O3/c1-18-7-9-19(10-8-18)14-32(15-20-4-2-5-21(12-20)26(27,28)29)16-24-31-23(17-35-24)25(33)30-13-22-6-3-11-34-22/h2-12,17H,13-16H2,1H3,(H,30,33). The van der Waals surface area contributed by atoms with Gasteiger partial charge >= 0.3 is 6.18 Å². The monoisotopic (exact) mass is 483 g/mol. The van der Waals surface area contributed by atoms with Gasteiger partial charge in [-0.15, -0.1) is 0 Å². The Balaban J connectivity index is 1.48. The molecule has 1 N–H and O–H groups in total. The third kappa shape index (κ3) is 6.83. The topological polar surface area (TPSA) is 71.5 Å². The lowest BCUT2D eigenvalue weighted by Crippen LogP contribution is -2.24. The second-order valence-corrected chi connectivity index (χ2v) is 8.22. The zero-order valence-electron chi connectivity index (χ0n) is 19.0. The van der Waals surface area contributed by atoms with Crippen molar-refractivity contribution in [2.75, 3.05) is 0 Å². The van der Waals surface area contributed by atoms with Crippen molar-refractivity contribution < 1.29 is 26.8 Å². The smallest absolute Gasteiger partial charge is 0.416 e. The molecule has 2 aromatic carbocycles.